The molecule has 16 heteroatoms. The van der Waals surface area contributed by atoms with Gasteiger partial charge in [-0.3, -0.25) is 10.2 Å². The van der Waals surface area contributed by atoms with E-state index in [9.17, 15) is 40.6 Å². The lowest BCUT2D eigenvalue weighted by atomic mass is 9.83. The van der Waals surface area contributed by atoms with Crippen LogP contribution >= 0.6 is 0 Å². The van der Waals surface area contributed by atoms with Crippen LogP contribution in [-0.4, -0.2) is 79.6 Å². The van der Waals surface area contributed by atoms with E-state index in [2.05, 4.69) is 5.84 Å². The summed E-state index contributed by atoms with van der Waals surface area (Å²) in [6.07, 6.45) is 3.46. The summed E-state index contributed by atoms with van der Waals surface area (Å²) in [7, 11) is -5.66. The third-order valence-electron chi connectivity index (χ3n) is 9.45. The van der Waals surface area contributed by atoms with Gasteiger partial charge in [0.1, 0.15) is 18.5 Å². The standard InChI is InChI=1S/C34H34N2O9S2.C2H6N2O.CH3/c1-33(2)15-19(17-46(39,40)41)23-11-25-29(13-27(23)35(33)5)45-30-14-28-24(20(18-47(42,43)44)16-34(3,4)36(28)6)12-26(30)31(25)21-9-7-8-10-22(21)32(37)38;1-2(5)4-3;/h7-16H,17-18H2,1-6H3,(H2-,37,38,39,40,41,42,43,44);3H2,1H3,(H,4,5);1H3/q;;+1/p-1. The Bertz CT molecular complexity index is 2470. The molecule has 0 saturated heterocycles. The molecule has 53 heavy (non-hydrogen) atoms. The van der Waals surface area contributed by atoms with Gasteiger partial charge in [-0.25, -0.2) is 32.0 Å². The van der Waals surface area contributed by atoms with Crippen molar-refractivity contribution >= 4 is 54.5 Å². The van der Waals surface area contributed by atoms with Gasteiger partial charge in [0, 0.05) is 68.9 Å². The number of carbonyl (C=O) groups is 2. The Morgan fingerprint density at radius 2 is 1.45 bits per heavy atom. The Balaban J connectivity index is 0.000000980. The molecular formula is C37H42N4O10S2. The second kappa shape index (κ2) is 14.1. The minimum atomic E-state index is -4.67. The number of benzene rings is 3. The number of carboxylic acid groups (broad SMARTS) is 1. The fourth-order valence-corrected chi connectivity index (χ4v) is 7.89. The summed E-state index contributed by atoms with van der Waals surface area (Å²) >= 11 is 0. The zero-order chi connectivity index (χ0) is 38.7. The van der Waals surface area contributed by atoms with Crippen molar-refractivity contribution in [2.24, 2.45) is 5.84 Å². The molecule has 0 bridgehead atoms. The van der Waals surface area contributed by atoms with Gasteiger partial charge in [-0.1, -0.05) is 24.3 Å². The van der Waals surface area contributed by atoms with E-state index in [-0.39, 0.29) is 18.9 Å². The van der Waals surface area contributed by atoms with Crippen LogP contribution in [0.15, 0.2) is 60.7 Å². The molecule has 3 heterocycles. The number of ether oxygens (including phenoxy) is 1. The molecule has 3 aromatic carbocycles. The monoisotopic (exact) mass is 766 g/mol. The highest BCUT2D eigenvalue weighted by Gasteiger charge is 2.36. The number of nitrogens with one attached hydrogen (secondary N) is 1. The van der Waals surface area contributed by atoms with Gasteiger partial charge in [-0.2, -0.15) is 0 Å². The Labute approximate surface area is 309 Å². The summed E-state index contributed by atoms with van der Waals surface area (Å²) in [5.41, 5.74) is 3.95. The van der Waals surface area contributed by atoms with Crippen LogP contribution in [0, 0.1) is 7.43 Å². The number of carbonyl (C=O) groups excluding carboxylic acids is 1. The molecule has 0 unspecified atom stereocenters. The third-order valence-corrected chi connectivity index (χ3v) is 10.8. The van der Waals surface area contributed by atoms with E-state index in [1.165, 1.54) is 13.0 Å². The lowest BCUT2D eigenvalue weighted by Crippen LogP contribution is -2.47. The van der Waals surface area contributed by atoms with Gasteiger partial charge in [0.2, 0.25) is 11.3 Å². The Morgan fingerprint density at radius 1 is 0.887 bits per heavy atom. The molecule has 0 aliphatic carbocycles. The molecule has 0 saturated carbocycles. The maximum absolute atomic E-state index is 12.5. The number of anilines is 1. The maximum Gasteiger partial charge on any atom is 0.336 e. The van der Waals surface area contributed by atoms with Gasteiger partial charge >= 0.3 is 5.97 Å². The molecule has 0 atom stereocenters. The molecule has 0 radical (unpaired) electrons. The average Bonchev–Trinajstić information content (AvgIpc) is 3.02. The first-order valence-electron chi connectivity index (χ1n) is 15.9. The Kier molecular flexibility index (Phi) is 10.8. The lowest BCUT2D eigenvalue weighted by molar-refractivity contribution is -0.119. The summed E-state index contributed by atoms with van der Waals surface area (Å²) < 4.78 is 80.6. The van der Waals surface area contributed by atoms with Crippen LogP contribution in [0.2, 0.25) is 0 Å². The molecule has 3 aromatic rings. The van der Waals surface area contributed by atoms with Crippen molar-refractivity contribution in [3.63, 3.8) is 0 Å². The lowest BCUT2D eigenvalue weighted by Gasteiger charge is -2.42. The molecule has 14 nitrogen and oxygen atoms in total. The maximum atomic E-state index is 12.5. The molecular weight excluding hydrogens is 725 g/mol. The summed E-state index contributed by atoms with van der Waals surface area (Å²) in [4.78, 5) is 24.0. The number of hydrogen-bond donors (Lipinski definition) is 3. The number of hydrazine groups is 1. The topological polar surface area (TPSA) is 222 Å². The van der Waals surface area contributed by atoms with Crippen LogP contribution in [-0.2, 0) is 25.0 Å². The highest BCUT2D eigenvalue weighted by Crippen LogP contribution is 2.46. The first-order chi connectivity index (χ1) is 23.9. The zero-order valence-electron chi connectivity index (χ0n) is 30.6. The third kappa shape index (κ3) is 8.16. The van der Waals surface area contributed by atoms with Crippen molar-refractivity contribution in [2.45, 2.75) is 45.7 Å². The van der Waals surface area contributed by atoms with E-state index < -0.39 is 48.8 Å². The van der Waals surface area contributed by atoms with Gasteiger partial charge < -0.3 is 23.8 Å². The van der Waals surface area contributed by atoms with Crippen LogP contribution in [0.4, 0.5) is 5.69 Å². The Morgan fingerprint density at radius 3 is 2.00 bits per heavy atom. The predicted octanol–water partition coefficient (Wildman–Crippen LogP) is 2.18. The van der Waals surface area contributed by atoms with Crippen LogP contribution in [0.1, 0.15) is 67.2 Å². The number of nitrogens with two attached hydrogens (primary N) is 1. The predicted molar refractivity (Wildman–Crippen MR) is 200 cm³/mol. The van der Waals surface area contributed by atoms with Crippen molar-refractivity contribution in [2.75, 3.05) is 30.5 Å². The molecule has 282 valence electrons. The van der Waals surface area contributed by atoms with E-state index in [1.54, 1.807) is 54.6 Å². The molecule has 4 N–H and O–H groups in total. The molecule has 0 fully saturated rings. The minimum Gasteiger partial charge on any atom is -0.748 e. The SMILES string of the molecule is CC(=O)NN.CN1c2cc3c(cc2C(CS(=O)(=O)[O-])=CC1(C)C)C(c1ccccc1C(=O)O)=c1cc2c(cc1O3)=[N+](C)C(C)(C)C=C2CS(=O)(=O)[O-].[CH3+]. The molecule has 0 aromatic heterocycles. The fourth-order valence-electron chi connectivity index (χ4n) is 6.65. The van der Waals surface area contributed by atoms with E-state index >= 15 is 0 Å². The molecule has 3 aliphatic heterocycles. The van der Waals surface area contributed by atoms with Gasteiger partial charge in [-0.15, -0.1) is 0 Å². The van der Waals surface area contributed by atoms with E-state index in [1.807, 2.05) is 56.7 Å². The average molecular weight is 767 g/mol. The number of rotatable bonds is 6. The number of aromatic carboxylic acids is 1. The summed E-state index contributed by atoms with van der Waals surface area (Å²) in [5, 5.41) is 11.3. The Hall–Kier alpha value is -5.00. The van der Waals surface area contributed by atoms with E-state index in [0.29, 0.717) is 66.7 Å². The second-order valence-electron chi connectivity index (χ2n) is 13.9. The summed E-state index contributed by atoms with van der Waals surface area (Å²) in [6, 6.07) is 13.3. The van der Waals surface area contributed by atoms with Gasteiger partial charge in [0.15, 0.2) is 5.54 Å². The second-order valence-corrected chi connectivity index (χ2v) is 16.7. The van der Waals surface area contributed by atoms with Crippen LogP contribution in [0.3, 0.4) is 0 Å². The largest absolute Gasteiger partial charge is 0.748 e. The summed E-state index contributed by atoms with van der Waals surface area (Å²) in [6.45, 7) is 8.91. The van der Waals surface area contributed by atoms with E-state index in [0.717, 1.165) is 0 Å². The van der Waals surface area contributed by atoms with Crippen LogP contribution in [0.25, 0.3) is 16.7 Å². The van der Waals surface area contributed by atoms with E-state index in [4.69, 9.17) is 4.74 Å². The van der Waals surface area contributed by atoms with Gasteiger partial charge in [0.25, 0.3) is 0 Å². The van der Waals surface area contributed by atoms with Gasteiger partial charge in [0.05, 0.1) is 54.5 Å². The van der Waals surface area contributed by atoms with Gasteiger partial charge in [-0.05, 0) is 54.8 Å². The molecule has 6 rings (SSSR count). The normalized spacial score (nSPS) is 16.5. The molecule has 0 spiro atoms. The van der Waals surface area contributed by atoms with Crippen molar-refractivity contribution < 1.29 is 45.4 Å². The fraction of sp³-hybridized carbons (Fsp3) is 0.297. The van der Waals surface area contributed by atoms with Crippen molar-refractivity contribution in [1.82, 2.24) is 10.0 Å². The smallest absolute Gasteiger partial charge is 0.336 e. The number of amides is 1. The van der Waals surface area contributed by atoms with Crippen molar-refractivity contribution in [3.05, 3.63) is 107 Å². The zero-order valence-corrected chi connectivity index (χ0v) is 32.2. The van der Waals surface area contributed by atoms with Crippen molar-refractivity contribution in [1.29, 1.82) is 0 Å². The summed E-state index contributed by atoms with van der Waals surface area (Å²) in [5.74, 6) is 2.42. The quantitative estimate of drug-likeness (QED) is 0.0642. The first-order valence-corrected chi connectivity index (χ1v) is 19.1. The number of nitrogens with zero attached hydrogens (tertiary/aromatic N) is 2. The molecule has 3 aliphatic rings. The van der Waals surface area contributed by atoms with Crippen LogP contribution in [0.5, 0.6) is 11.5 Å². The first kappa shape index (κ1) is 40.8. The number of hydrogen-bond acceptors (Lipinski definition) is 11. The minimum absolute atomic E-state index is 0. The van der Waals surface area contributed by atoms with Crippen molar-refractivity contribution in [3.8, 4) is 11.5 Å². The highest BCUT2D eigenvalue weighted by molar-refractivity contribution is 7.86. The molecule has 1 amide bonds. The number of fused-ring (bicyclic) bond motifs is 4. The highest BCUT2D eigenvalue weighted by atomic mass is 32.2. The number of likely N-dealkylation sites (N-methyl/N-ethyl adjacent to an activating group) is 2. The number of carboxylic acids is 1. The van der Waals surface area contributed by atoms with Crippen LogP contribution < -0.4 is 36.1 Å².